The van der Waals surface area contributed by atoms with Crippen LogP contribution in [0, 0.1) is 5.92 Å². The molecule has 0 radical (unpaired) electrons. The molecule has 1 fully saturated rings. The number of pyridine rings is 1. The maximum atomic E-state index is 5.91. The van der Waals surface area contributed by atoms with Crippen molar-refractivity contribution >= 4 is 29.9 Å². The topological polar surface area (TPSA) is 49.8 Å². The third kappa shape index (κ3) is 7.10. The second-order valence-corrected chi connectivity index (χ2v) is 6.69. The Morgan fingerprint density at radius 2 is 2.04 bits per heavy atom. The lowest BCUT2D eigenvalue weighted by Crippen LogP contribution is -2.41. The minimum atomic E-state index is 0. The highest BCUT2D eigenvalue weighted by molar-refractivity contribution is 14.0. The van der Waals surface area contributed by atoms with Gasteiger partial charge in [0, 0.05) is 45.0 Å². The normalized spacial score (nSPS) is 16.9. The SMILES string of the molecule is CN=C(NCCc1cccnc1)N1CCC(COCc2ccccc2)C1.I. The van der Waals surface area contributed by atoms with Crippen LogP contribution in [0.5, 0.6) is 0 Å². The Hall–Kier alpha value is -1.67. The summed E-state index contributed by atoms with van der Waals surface area (Å²) < 4.78 is 5.91. The van der Waals surface area contributed by atoms with Crippen molar-refractivity contribution in [3.05, 3.63) is 66.0 Å². The van der Waals surface area contributed by atoms with Crippen LogP contribution >= 0.6 is 24.0 Å². The molecule has 0 saturated carbocycles. The van der Waals surface area contributed by atoms with Crippen molar-refractivity contribution in [3.63, 3.8) is 0 Å². The van der Waals surface area contributed by atoms with Crippen molar-refractivity contribution in [2.24, 2.45) is 10.9 Å². The number of hydrogen-bond donors (Lipinski definition) is 1. The molecule has 0 amide bonds. The van der Waals surface area contributed by atoms with Gasteiger partial charge in [0.15, 0.2) is 5.96 Å². The zero-order valence-electron chi connectivity index (χ0n) is 15.9. The summed E-state index contributed by atoms with van der Waals surface area (Å²) in [6, 6.07) is 14.4. The first kappa shape index (κ1) is 21.6. The lowest BCUT2D eigenvalue weighted by atomic mass is 10.1. The molecular formula is C21H29IN4O. The van der Waals surface area contributed by atoms with Gasteiger partial charge in [0.05, 0.1) is 13.2 Å². The van der Waals surface area contributed by atoms with E-state index in [9.17, 15) is 0 Å². The van der Waals surface area contributed by atoms with E-state index in [2.05, 4.69) is 50.5 Å². The standard InChI is InChI=1S/C21H28N4O.HI/c1-22-21(24-12-9-18-8-5-11-23-14-18)25-13-10-20(15-25)17-26-16-19-6-3-2-4-7-19;/h2-8,11,14,20H,9-10,12-13,15-17H2,1H3,(H,22,24);1H. The zero-order chi connectivity index (χ0) is 18.0. The Morgan fingerprint density at radius 3 is 2.78 bits per heavy atom. The van der Waals surface area contributed by atoms with Crippen LogP contribution in [-0.4, -0.2) is 49.1 Å². The average Bonchev–Trinajstić information content (AvgIpc) is 3.16. The van der Waals surface area contributed by atoms with Crippen LogP contribution in [0.3, 0.4) is 0 Å². The molecular weight excluding hydrogens is 451 g/mol. The predicted molar refractivity (Wildman–Crippen MR) is 120 cm³/mol. The first-order valence-electron chi connectivity index (χ1n) is 9.31. The number of benzene rings is 1. The van der Waals surface area contributed by atoms with Gasteiger partial charge in [-0.3, -0.25) is 9.98 Å². The van der Waals surface area contributed by atoms with Crippen LogP contribution < -0.4 is 5.32 Å². The number of likely N-dealkylation sites (tertiary alicyclic amines) is 1. The number of aromatic nitrogens is 1. The molecule has 0 aliphatic carbocycles. The van der Waals surface area contributed by atoms with Crippen LogP contribution in [0.15, 0.2) is 59.9 Å². The van der Waals surface area contributed by atoms with Gasteiger partial charge < -0.3 is 15.0 Å². The van der Waals surface area contributed by atoms with Gasteiger partial charge in [-0.05, 0) is 30.0 Å². The summed E-state index contributed by atoms with van der Waals surface area (Å²) in [6.45, 7) is 4.39. The molecule has 27 heavy (non-hydrogen) atoms. The van der Waals surface area contributed by atoms with Gasteiger partial charge in [0.2, 0.25) is 0 Å². The average molecular weight is 480 g/mol. The molecule has 2 heterocycles. The van der Waals surface area contributed by atoms with Crippen molar-refractivity contribution in [2.45, 2.75) is 19.4 Å². The predicted octanol–water partition coefficient (Wildman–Crippen LogP) is 3.36. The molecule has 1 atom stereocenters. The van der Waals surface area contributed by atoms with Gasteiger partial charge in [0.25, 0.3) is 0 Å². The molecule has 1 saturated heterocycles. The van der Waals surface area contributed by atoms with E-state index < -0.39 is 0 Å². The molecule has 1 aliphatic heterocycles. The molecule has 0 bridgehead atoms. The van der Waals surface area contributed by atoms with E-state index >= 15 is 0 Å². The lowest BCUT2D eigenvalue weighted by Gasteiger charge is -2.21. The van der Waals surface area contributed by atoms with Gasteiger partial charge in [-0.2, -0.15) is 0 Å². The van der Waals surface area contributed by atoms with Crippen molar-refractivity contribution in [2.75, 3.05) is 33.3 Å². The van der Waals surface area contributed by atoms with Crippen molar-refractivity contribution in [3.8, 4) is 0 Å². The monoisotopic (exact) mass is 480 g/mol. The van der Waals surface area contributed by atoms with Gasteiger partial charge >= 0.3 is 0 Å². The second kappa shape index (κ2) is 11.9. The Labute approximate surface area is 179 Å². The van der Waals surface area contributed by atoms with Crippen LogP contribution in [0.1, 0.15) is 17.5 Å². The lowest BCUT2D eigenvalue weighted by molar-refractivity contribution is 0.0907. The summed E-state index contributed by atoms with van der Waals surface area (Å²) in [7, 11) is 1.85. The molecule has 3 rings (SSSR count). The summed E-state index contributed by atoms with van der Waals surface area (Å²) in [5, 5.41) is 3.47. The van der Waals surface area contributed by atoms with Gasteiger partial charge in [-0.1, -0.05) is 36.4 Å². The van der Waals surface area contributed by atoms with E-state index in [1.807, 2.05) is 25.4 Å². The fourth-order valence-corrected chi connectivity index (χ4v) is 3.28. The number of aliphatic imine (C=N–C) groups is 1. The Bertz CT molecular complexity index is 681. The number of halogens is 1. The number of rotatable bonds is 7. The van der Waals surface area contributed by atoms with Gasteiger partial charge in [-0.15, -0.1) is 24.0 Å². The van der Waals surface area contributed by atoms with Crippen LogP contribution in [0.4, 0.5) is 0 Å². The highest BCUT2D eigenvalue weighted by atomic mass is 127. The maximum absolute atomic E-state index is 5.91. The summed E-state index contributed by atoms with van der Waals surface area (Å²) >= 11 is 0. The zero-order valence-corrected chi connectivity index (χ0v) is 18.2. The number of ether oxygens (including phenoxy) is 1. The molecule has 6 heteroatoms. The van der Waals surface area contributed by atoms with Crippen molar-refractivity contribution in [1.82, 2.24) is 15.2 Å². The molecule has 2 aromatic rings. The van der Waals surface area contributed by atoms with Crippen molar-refractivity contribution in [1.29, 1.82) is 0 Å². The highest BCUT2D eigenvalue weighted by Crippen LogP contribution is 2.17. The number of guanidine groups is 1. The van der Waals surface area contributed by atoms with E-state index in [0.717, 1.165) is 45.0 Å². The molecule has 1 aromatic heterocycles. The molecule has 1 aromatic carbocycles. The molecule has 5 nitrogen and oxygen atoms in total. The summed E-state index contributed by atoms with van der Waals surface area (Å²) in [4.78, 5) is 10.9. The Balaban J connectivity index is 0.00000261. The fourth-order valence-electron chi connectivity index (χ4n) is 3.28. The van der Waals surface area contributed by atoms with E-state index in [1.54, 1.807) is 6.20 Å². The van der Waals surface area contributed by atoms with E-state index in [4.69, 9.17) is 4.74 Å². The molecule has 146 valence electrons. The van der Waals surface area contributed by atoms with Crippen LogP contribution in [-0.2, 0) is 17.8 Å². The second-order valence-electron chi connectivity index (χ2n) is 6.69. The Morgan fingerprint density at radius 1 is 1.22 bits per heavy atom. The summed E-state index contributed by atoms with van der Waals surface area (Å²) in [5.41, 5.74) is 2.47. The third-order valence-electron chi connectivity index (χ3n) is 4.68. The number of nitrogens with one attached hydrogen (secondary N) is 1. The van der Waals surface area contributed by atoms with Gasteiger partial charge in [0.1, 0.15) is 0 Å². The maximum Gasteiger partial charge on any atom is 0.193 e. The van der Waals surface area contributed by atoms with E-state index in [1.165, 1.54) is 11.1 Å². The number of nitrogens with zero attached hydrogens (tertiary/aromatic N) is 3. The smallest absolute Gasteiger partial charge is 0.193 e. The summed E-state index contributed by atoms with van der Waals surface area (Å²) in [5.74, 6) is 1.55. The van der Waals surface area contributed by atoms with Crippen LogP contribution in [0.2, 0.25) is 0 Å². The first-order valence-corrected chi connectivity index (χ1v) is 9.31. The molecule has 1 aliphatic rings. The van der Waals surface area contributed by atoms with E-state index in [-0.39, 0.29) is 24.0 Å². The quantitative estimate of drug-likeness (QED) is 0.375. The molecule has 1 unspecified atom stereocenters. The first-order chi connectivity index (χ1) is 12.8. The Kier molecular flexibility index (Phi) is 9.55. The van der Waals surface area contributed by atoms with E-state index in [0.29, 0.717) is 12.5 Å². The van der Waals surface area contributed by atoms with Crippen LogP contribution in [0.25, 0.3) is 0 Å². The highest BCUT2D eigenvalue weighted by Gasteiger charge is 2.24. The number of hydrogen-bond acceptors (Lipinski definition) is 3. The van der Waals surface area contributed by atoms with Crippen molar-refractivity contribution < 1.29 is 4.74 Å². The minimum Gasteiger partial charge on any atom is -0.376 e. The fraction of sp³-hybridized carbons (Fsp3) is 0.429. The largest absolute Gasteiger partial charge is 0.376 e. The van der Waals surface area contributed by atoms with Gasteiger partial charge in [-0.25, -0.2) is 0 Å². The third-order valence-corrected chi connectivity index (χ3v) is 4.68. The summed E-state index contributed by atoms with van der Waals surface area (Å²) in [6.07, 6.45) is 5.82. The molecule has 0 spiro atoms. The molecule has 1 N–H and O–H groups in total. The minimum absolute atomic E-state index is 0.